The number of rotatable bonds is 4. The average molecular weight is 446 g/mol. The Kier molecular flexibility index (Phi) is 5.55. The largest absolute Gasteiger partial charge is 0.369 e. The van der Waals surface area contributed by atoms with Crippen LogP contribution in [0.2, 0.25) is 5.02 Å². The highest BCUT2D eigenvalue weighted by Crippen LogP contribution is 2.28. The van der Waals surface area contributed by atoms with E-state index in [0.717, 1.165) is 48.3 Å². The van der Waals surface area contributed by atoms with Gasteiger partial charge in [-0.3, -0.25) is 4.79 Å². The van der Waals surface area contributed by atoms with E-state index in [2.05, 4.69) is 32.7 Å². The van der Waals surface area contributed by atoms with Gasteiger partial charge in [-0.15, -0.1) is 0 Å². The van der Waals surface area contributed by atoms with E-state index < -0.39 is 0 Å². The molecule has 4 aromatic rings. The van der Waals surface area contributed by atoms with Gasteiger partial charge in [-0.1, -0.05) is 35.9 Å². The zero-order chi connectivity index (χ0) is 22.1. The van der Waals surface area contributed by atoms with Crippen molar-refractivity contribution in [3.05, 3.63) is 82.2 Å². The highest BCUT2D eigenvalue weighted by Gasteiger charge is 2.13. The van der Waals surface area contributed by atoms with Crippen molar-refractivity contribution in [3.8, 4) is 11.1 Å². The third-order valence-corrected chi connectivity index (χ3v) is 6.20. The molecule has 3 heterocycles. The molecule has 2 aromatic carbocycles. The maximum atomic E-state index is 13.1. The van der Waals surface area contributed by atoms with E-state index in [1.807, 2.05) is 42.5 Å². The quantitative estimate of drug-likeness (QED) is 0.487. The van der Waals surface area contributed by atoms with E-state index in [4.69, 9.17) is 11.6 Å². The first-order valence-corrected chi connectivity index (χ1v) is 11.1. The molecule has 0 aliphatic carbocycles. The lowest BCUT2D eigenvalue weighted by Crippen LogP contribution is -2.43. The lowest BCUT2D eigenvalue weighted by molar-refractivity contribution is 0.589. The number of nitrogens with zero attached hydrogens (tertiary/aromatic N) is 3. The van der Waals surface area contributed by atoms with Crippen molar-refractivity contribution in [1.29, 1.82) is 0 Å². The van der Waals surface area contributed by atoms with E-state index in [0.29, 0.717) is 16.4 Å². The van der Waals surface area contributed by atoms with Crippen LogP contribution in [0.5, 0.6) is 0 Å². The fourth-order valence-electron chi connectivity index (χ4n) is 4.16. The second-order valence-electron chi connectivity index (χ2n) is 7.94. The maximum absolute atomic E-state index is 13.1. The molecule has 2 N–H and O–H groups in total. The minimum Gasteiger partial charge on any atom is -0.369 e. The molecular weight excluding hydrogens is 422 g/mol. The predicted molar refractivity (Wildman–Crippen MR) is 132 cm³/mol. The molecule has 5 rings (SSSR count). The molecule has 1 saturated heterocycles. The van der Waals surface area contributed by atoms with Gasteiger partial charge in [0.2, 0.25) is 0 Å². The third kappa shape index (κ3) is 3.95. The van der Waals surface area contributed by atoms with Crippen molar-refractivity contribution in [2.45, 2.75) is 0 Å². The summed E-state index contributed by atoms with van der Waals surface area (Å²) < 4.78 is 1.65. The van der Waals surface area contributed by atoms with Crippen LogP contribution in [0.15, 0.2) is 71.7 Å². The van der Waals surface area contributed by atoms with E-state index >= 15 is 0 Å². The van der Waals surface area contributed by atoms with Crippen LogP contribution in [0.3, 0.4) is 0 Å². The van der Waals surface area contributed by atoms with Gasteiger partial charge in [-0.25, -0.2) is 4.98 Å². The highest BCUT2D eigenvalue weighted by molar-refractivity contribution is 6.33. The number of anilines is 3. The summed E-state index contributed by atoms with van der Waals surface area (Å²) in [5.74, 6) is 0.690. The van der Waals surface area contributed by atoms with Crippen molar-refractivity contribution in [2.75, 3.05) is 36.4 Å². The normalized spacial score (nSPS) is 14.0. The Morgan fingerprint density at radius 3 is 2.62 bits per heavy atom. The van der Waals surface area contributed by atoms with Gasteiger partial charge in [0.05, 0.1) is 5.52 Å². The number of hydrogen-bond donors (Lipinski definition) is 2. The fraction of sp³-hybridized carbons (Fsp3) is 0.200. The smallest absolute Gasteiger partial charge is 0.258 e. The Labute approximate surface area is 191 Å². The summed E-state index contributed by atoms with van der Waals surface area (Å²) >= 11 is 6.34. The van der Waals surface area contributed by atoms with Gasteiger partial charge in [-0.05, 0) is 30.3 Å². The van der Waals surface area contributed by atoms with Crippen LogP contribution >= 0.6 is 11.6 Å². The van der Waals surface area contributed by atoms with Crippen LogP contribution < -0.4 is 21.1 Å². The number of aryl methyl sites for hydroxylation is 1. The minimum absolute atomic E-state index is 0.0940. The van der Waals surface area contributed by atoms with Gasteiger partial charge < -0.3 is 20.1 Å². The Hall–Kier alpha value is -3.35. The molecule has 0 atom stereocenters. The van der Waals surface area contributed by atoms with E-state index in [9.17, 15) is 4.79 Å². The third-order valence-electron chi connectivity index (χ3n) is 5.87. The number of aromatic nitrogens is 2. The molecule has 162 valence electrons. The number of pyridine rings is 2. The number of benzene rings is 2. The molecule has 0 amide bonds. The molecule has 32 heavy (non-hydrogen) atoms. The number of piperazine rings is 1. The first-order chi connectivity index (χ1) is 15.6. The monoisotopic (exact) mass is 445 g/mol. The first-order valence-electron chi connectivity index (χ1n) is 10.7. The molecule has 6 nitrogen and oxygen atoms in total. The van der Waals surface area contributed by atoms with Crippen molar-refractivity contribution < 1.29 is 0 Å². The van der Waals surface area contributed by atoms with Gasteiger partial charge in [0, 0.05) is 78.4 Å². The van der Waals surface area contributed by atoms with Crippen molar-refractivity contribution in [2.24, 2.45) is 7.05 Å². The molecule has 1 aliphatic rings. The molecule has 2 aromatic heterocycles. The van der Waals surface area contributed by atoms with Gasteiger partial charge >= 0.3 is 0 Å². The molecule has 0 spiro atoms. The van der Waals surface area contributed by atoms with Gasteiger partial charge in [0.25, 0.3) is 5.56 Å². The molecular formula is C25H24ClN5O. The number of halogens is 1. The van der Waals surface area contributed by atoms with Crippen molar-refractivity contribution in [3.63, 3.8) is 0 Å². The molecule has 0 bridgehead atoms. The number of hydrogen-bond acceptors (Lipinski definition) is 5. The standard InChI is InChI=1S/C25H24ClN5O/c1-30-23-15-24(29-18-5-4-6-19(14-18)31-11-9-27-10-12-31)28-16-17(23)13-21(25(30)32)20-7-2-3-8-22(20)26/h2-8,13-16,27H,9-12H2,1H3,(H,28,29). The summed E-state index contributed by atoms with van der Waals surface area (Å²) in [6.07, 6.45) is 1.79. The lowest BCUT2D eigenvalue weighted by Gasteiger charge is -2.29. The van der Waals surface area contributed by atoms with Crippen LogP contribution in [-0.4, -0.2) is 35.7 Å². The van der Waals surface area contributed by atoms with Crippen LogP contribution in [-0.2, 0) is 7.05 Å². The maximum Gasteiger partial charge on any atom is 0.258 e. The van der Waals surface area contributed by atoms with E-state index in [-0.39, 0.29) is 5.56 Å². The van der Waals surface area contributed by atoms with Gasteiger partial charge in [-0.2, -0.15) is 0 Å². The minimum atomic E-state index is -0.0940. The summed E-state index contributed by atoms with van der Waals surface area (Å²) in [6.45, 7) is 3.98. The summed E-state index contributed by atoms with van der Waals surface area (Å²) in [6, 6.07) is 19.5. The second-order valence-corrected chi connectivity index (χ2v) is 8.35. The van der Waals surface area contributed by atoms with Gasteiger partial charge in [0.15, 0.2) is 0 Å². The SMILES string of the molecule is Cn1c(=O)c(-c2ccccc2Cl)cc2cnc(Nc3cccc(N4CCNCC4)c3)cc21. The van der Waals surface area contributed by atoms with Crippen LogP contribution in [0.1, 0.15) is 0 Å². The molecule has 1 aliphatic heterocycles. The van der Waals surface area contributed by atoms with Crippen LogP contribution in [0.4, 0.5) is 17.2 Å². The van der Waals surface area contributed by atoms with Gasteiger partial charge in [0.1, 0.15) is 5.82 Å². The van der Waals surface area contributed by atoms with E-state index in [1.54, 1.807) is 23.9 Å². The summed E-state index contributed by atoms with van der Waals surface area (Å²) in [5.41, 5.74) is 4.16. The number of nitrogens with one attached hydrogen (secondary N) is 2. The van der Waals surface area contributed by atoms with Crippen molar-refractivity contribution in [1.82, 2.24) is 14.9 Å². The summed E-state index contributed by atoms with van der Waals surface area (Å²) in [4.78, 5) is 20.0. The predicted octanol–water partition coefficient (Wildman–Crippen LogP) is 4.41. The summed E-state index contributed by atoms with van der Waals surface area (Å²) in [5, 5.41) is 8.20. The Morgan fingerprint density at radius 1 is 1.00 bits per heavy atom. The molecule has 1 fully saturated rings. The Bertz CT molecular complexity index is 1340. The fourth-order valence-corrected chi connectivity index (χ4v) is 4.39. The van der Waals surface area contributed by atoms with Crippen LogP contribution in [0, 0.1) is 0 Å². The summed E-state index contributed by atoms with van der Waals surface area (Å²) in [7, 11) is 1.78. The zero-order valence-corrected chi connectivity index (χ0v) is 18.6. The lowest BCUT2D eigenvalue weighted by atomic mass is 10.1. The molecule has 0 radical (unpaired) electrons. The first kappa shape index (κ1) is 20.5. The highest BCUT2D eigenvalue weighted by atomic mass is 35.5. The zero-order valence-electron chi connectivity index (χ0n) is 17.8. The molecule has 0 saturated carbocycles. The second kappa shape index (κ2) is 8.65. The topological polar surface area (TPSA) is 62.2 Å². The Balaban J connectivity index is 1.48. The van der Waals surface area contributed by atoms with E-state index in [1.165, 1.54) is 5.69 Å². The van der Waals surface area contributed by atoms with Crippen molar-refractivity contribution >= 4 is 39.7 Å². The molecule has 7 heteroatoms. The van der Waals surface area contributed by atoms with Crippen LogP contribution in [0.25, 0.3) is 22.0 Å². The molecule has 0 unspecified atom stereocenters. The number of fused-ring (bicyclic) bond motifs is 1. The Morgan fingerprint density at radius 2 is 1.81 bits per heavy atom. The average Bonchev–Trinajstić information content (AvgIpc) is 2.83.